The summed E-state index contributed by atoms with van der Waals surface area (Å²) in [5, 5.41) is 11.5. The number of carbonyl (C=O) groups excluding carboxylic acids is 4. The van der Waals surface area contributed by atoms with E-state index in [1.807, 2.05) is 13.0 Å². The van der Waals surface area contributed by atoms with Gasteiger partial charge in [-0.2, -0.15) is 0 Å². The van der Waals surface area contributed by atoms with Gasteiger partial charge in [0.1, 0.15) is 5.75 Å². The predicted octanol–water partition coefficient (Wildman–Crippen LogP) is 5.63. The van der Waals surface area contributed by atoms with Gasteiger partial charge in [-0.1, -0.05) is 47.5 Å². The van der Waals surface area contributed by atoms with Crippen molar-refractivity contribution in [1.29, 1.82) is 0 Å². The lowest BCUT2D eigenvalue weighted by Crippen LogP contribution is -2.39. The number of fused-ring (bicyclic) bond motifs is 3. The van der Waals surface area contributed by atoms with Crippen LogP contribution in [0.25, 0.3) is 0 Å². The number of aryl methyl sites for hydroxylation is 2. The number of Topliss-reactive ketones (excluding diaryl/α,β-unsaturated/α-hetero) is 1. The van der Waals surface area contributed by atoms with Gasteiger partial charge in [0, 0.05) is 33.7 Å². The molecule has 2 aromatic rings. The first-order chi connectivity index (χ1) is 18.1. The molecule has 2 amide bonds. The van der Waals surface area contributed by atoms with Crippen LogP contribution in [0.4, 0.5) is 5.69 Å². The number of anilines is 1. The number of hydrogen-bond acceptors (Lipinski definition) is 5. The van der Waals surface area contributed by atoms with E-state index < -0.39 is 23.7 Å². The SMILES string of the molecule is Cc1ccc(N2C(=O)C3CC=C4C(c5cccc(C)c5O)C5=C(CC4C3C2=O)C(=O)C(Br)=CC5=O)cc1Cl. The number of nitrogens with zero attached hydrogens (tertiary/aromatic N) is 1. The Labute approximate surface area is 232 Å². The number of ketones is 2. The number of benzene rings is 2. The van der Waals surface area contributed by atoms with E-state index in [9.17, 15) is 24.3 Å². The molecule has 3 aliphatic carbocycles. The number of para-hydroxylation sites is 1. The summed E-state index contributed by atoms with van der Waals surface area (Å²) in [6.07, 6.45) is 3.70. The summed E-state index contributed by atoms with van der Waals surface area (Å²) in [7, 11) is 0. The van der Waals surface area contributed by atoms with Gasteiger partial charge in [-0.25, -0.2) is 4.90 Å². The molecule has 6 rings (SSSR count). The molecule has 8 heteroatoms. The molecular formula is C30H23BrClNO5. The molecule has 38 heavy (non-hydrogen) atoms. The molecule has 0 radical (unpaired) electrons. The van der Waals surface area contributed by atoms with Crippen molar-refractivity contribution in [1.82, 2.24) is 0 Å². The van der Waals surface area contributed by atoms with Crippen molar-refractivity contribution in [3.05, 3.63) is 91.5 Å². The fraction of sp³-hybridized carbons (Fsp3) is 0.267. The summed E-state index contributed by atoms with van der Waals surface area (Å²) >= 11 is 9.54. The number of phenolic OH excluding ortho intramolecular Hbond substituents is 1. The third-order valence-electron chi connectivity index (χ3n) is 8.32. The highest BCUT2D eigenvalue weighted by Gasteiger charge is 2.57. The fourth-order valence-electron chi connectivity index (χ4n) is 6.45. The van der Waals surface area contributed by atoms with Gasteiger partial charge in [0.05, 0.1) is 22.0 Å². The molecule has 1 saturated heterocycles. The minimum absolute atomic E-state index is 0.0478. The summed E-state index contributed by atoms with van der Waals surface area (Å²) in [4.78, 5) is 55.3. The second-order valence-electron chi connectivity index (χ2n) is 10.4. The maximum absolute atomic E-state index is 13.9. The Morgan fingerprint density at radius 3 is 2.50 bits per heavy atom. The first-order valence-corrected chi connectivity index (χ1v) is 13.6. The van der Waals surface area contributed by atoms with Crippen LogP contribution in [0.5, 0.6) is 5.75 Å². The highest BCUT2D eigenvalue weighted by atomic mass is 79.9. The first kappa shape index (κ1) is 25.0. The number of phenols is 1. The molecule has 0 bridgehead atoms. The van der Waals surface area contributed by atoms with E-state index >= 15 is 0 Å². The van der Waals surface area contributed by atoms with Crippen LogP contribution in [0.15, 0.2) is 69.8 Å². The zero-order valence-corrected chi connectivity index (χ0v) is 23.0. The molecule has 1 heterocycles. The van der Waals surface area contributed by atoms with Crippen LogP contribution in [0, 0.1) is 31.6 Å². The van der Waals surface area contributed by atoms with Crippen molar-refractivity contribution in [2.75, 3.05) is 4.90 Å². The monoisotopic (exact) mass is 591 g/mol. The van der Waals surface area contributed by atoms with Gasteiger partial charge in [0.15, 0.2) is 11.6 Å². The van der Waals surface area contributed by atoms with Crippen molar-refractivity contribution < 1.29 is 24.3 Å². The van der Waals surface area contributed by atoms with Crippen LogP contribution >= 0.6 is 27.5 Å². The van der Waals surface area contributed by atoms with Crippen LogP contribution < -0.4 is 4.90 Å². The summed E-state index contributed by atoms with van der Waals surface area (Å²) in [5.74, 6) is -3.64. The third kappa shape index (κ3) is 3.52. The van der Waals surface area contributed by atoms with Gasteiger partial charge < -0.3 is 5.11 Å². The number of halogens is 2. The number of allylic oxidation sites excluding steroid dienone is 6. The lowest BCUT2D eigenvalue weighted by molar-refractivity contribution is -0.123. The molecule has 4 aliphatic rings. The molecule has 1 aliphatic heterocycles. The van der Waals surface area contributed by atoms with Crippen LogP contribution in [0.1, 0.15) is 35.4 Å². The highest BCUT2D eigenvalue weighted by molar-refractivity contribution is 9.12. The molecule has 0 saturated carbocycles. The van der Waals surface area contributed by atoms with Crippen molar-refractivity contribution in [2.24, 2.45) is 17.8 Å². The van der Waals surface area contributed by atoms with Gasteiger partial charge in [0.2, 0.25) is 11.8 Å². The van der Waals surface area contributed by atoms with Crippen LogP contribution in [0.3, 0.4) is 0 Å². The van der Waals surface area contributed by atoms with Gasteiger partial charge in [-0.3, -0.25) is 19.2 Å². The van der Waals surface area contributed by atoms with Gasteiger partial charge in [-0.15, -0.1) is 0 Å². The van der Waals surface area contributed by atoms with Crippen molar-refractivity contribution in [2.45, 2.75) is 32.6 Å². The summed E-state index contributed by atoms with van der Waals surface area (Å²) < 4.78 is 0.165. The average molecular weight is 593 g/mol. The Morgan fingerprint density at radius 2 is 1.76 bits per heavy atom. The predicted molar refractivity (Wildman–Crippen MR) is 146 cm³/mol. The molecule has 192 valence electrons. The maximum Gasteiger partial charge on any atom is 0.238 e. The topological polar surface area (TPSA) is 91.8 Å². The Kier molecular flexibility index (Phi) is 5.85. The van der Waals surface area contributed by atoms with Crippen molar-refractivity contribution >= 4 is 56.6 Å². The molecule has 2 aromatic carbocycles. The van der Waals surface area contributed by atoms with E-state index in [-0.39, 0.29) is 40.0 Å². The fourth-order valence-corrected chi connectivity index (χ4v) is 7.07. The maximum atomic E-state index is 13.9. The van der Waals surface area contributed by atoms with E-state index in [4.69, 9.17) is 11.6 Å². The minimum atomic E-state index is -0.696. The summed E-state index contributed by atoms with van der Waals surface area (Å²) in [6, 6.07) is 10.4. The Morgan fingerprint density at radius 1 is 1.00 bits per heavy atom. The number of aromatic hydroxyl groups is 1. The summed E-state index contributed by atoms with van der Waals surface area (Å²) in [6.45, 7) is 3.62. The van der Waals surface area contributed by atoms with Crippen LogP contribution in [-0.2, 0) is 19.2 Å². The van der Waals surface area contributed by atoms with E-state index in [2.05, 4.69) is 15.9 Å². The van der Waals surface area contributed by atoms with E-state index in [1.54, 1.807) is 43.3 Å². The Bertz CT molecular complexity index is 1580. The first-order valence-electron chi connectivity index (χ1n) is 12.4. The van der Waals surface area contributed by atoms with Gasteiger partial charge in [-0.05, 0) is 71.8 Å². The normalized spacial score (nSPS) is 26.7. The Balaban J connectivity index is 1.50. The number of imide groups is 1. The molecule has 1 N–H and O–H groups in total. The number of rotatable bonds is 2. The third-order valence-corrected chi connectivity index (χ3v) is 9.32. The zero-order valence-electron chi connectivity index (χ0n) is 20.6. The molecule has 6 nitrogen and oxygen atoms in total. The average Bonchev–Trinajstić information content (AvgIpc) is 3.14. The number of amides is 2. The van der Waals surface area contributed by atoms with E-state index in [0.29, 0.717) is 39.4 Å². The zero-order chi connectivity index (χ0) is 27.0. The Hall–Kier alpha value is -3.29. The molecule has 0 aromatic heterocycles. The van der Waals surface area contributed by atoms with Crippen LogP contribution in [0.2, 0.25) is 5.02 Å². The van der Waals surface area contributed by atoms with Crippen LogP contribution in [-0.4, -0.2) is 28.5 Å². The lowest BCUT2D eigenvalue weighted by atomic mass is 9.59. The van der Waals surface area contributed by atoms with E-state index in [0.717, 1.165) is 11.1 Å². The smallest absolute Gasteiger partial charge is 0.238 e. The molecular weight excluding hydrogens is 570 g/mol. The minimum Gasteiger partial charge on any atom is -0.507 e. The largest absolute Gasteiger partial charge is 0.507 e. The van der Waals surface area contributed by atoms with Crippen molar-refractivity contribution in [3.63, 3.8) is 0 Å². The molecule has 0 spiro atoms. The molecule has 4 atom stereocenters. The number of carbonyl (C=O) groups is 4. The second kappa shape index (κ2) is 8.89. The van der Waals surface area contributed by atoms with E-state index in [1.165, 1.54) is 11.0 Å². The standard InChI is InChI=1S/C30H23BrClNO5/c1-13-6-7-15(10-22(13)32)33-29(37)18-9-8-16-19(25(18)30(33)38)11-20-26(23(34)12-21(31)28(20)36)24(16)17-5-3-4-14(2)27(17)35/h3-8,10,12,18-19,24-25,35H,9,11H2,1-2H3. The van der Waals surface area contributed by atoms with Gasteiger partial charge >= 0.3 is 0 Å². The lowest BCUT2D eigenvalue weighted by Gasteiger charge is -2.42. The van der Waals surface area contributed by atoms with Gasteiger partial charge in [0.25, 0.3) is 0 Å². The quantitative estimate of drug-likeness (QED) is 0.277. The number of hydrogen-bond donors (Lipinski definition) is 1. The molecule has 4 unspecified atom stereocenters. The van der Waals surface area contributed by atoms with Crippen molar-refractivity contribution in [3.8, 4) is 5.75 Å². The second-order valence-corrected chi connectivity index (χ2v) is 11.6. The highest BCUT2D eigenvalue weighted by Crippen LogP contribution is 2.56. The summed E-state index contributed by atoms with van der Waals surface area (Å²) in [5.41, 5.74) is 3.87. The molecule has 1 fully saturated rings.